The first-order chi connectivity index (χ1) is 16.6. The van der Waals surface area contributed by atoms with Gasteiger partial charge in [0.1, 0.15) is 0 Å². The van der Waals surface area contributed by atoms with E-state index >= 15 is 0 Å². The monoisotopic (exact) mass is 479 g/mol. The fraction of sp³-hybridized carbons (Fsp3) is 0.423. The number of hydrogen-bond donors (Lipinski definition) is 0. The Morgan fingerprint density at radius 1 is 0.912 bits per heavy atom. The molecule has 0 radical (unpaired) electrons. The zero-order chi connectivity index (χ0) is 23.3. The number of hydrogen-bond acceptors (Lipinski definition) is 6. The van der Waals surface area contributed by atoms with Crippen molar-refractivity contribution < 1.29 is 9.32 Å². The Morgan fingerprint density at radius 2 is 1.65 bits per heavy atom. The van der Waals surface area contributed by atoms with E-state index in [1.165, 1.54) is 5.56 Å². The molecule has 7 nitrogen and oxygen atoms in total. The van der Waals surface area contributed by atoms with Gasteiger partial charge in [-0.05, 0) is 43.6 Å². The summed E-state index contributed by atoms with van der Waals surface area (Å²) in [4.78, 5) is 24.4. The molecule has 34 heavy (non-hydrogen) atoms. The molecule has 2 aliphatic heterocycles. The van der Waals surface area contributed by atoms with E-state index in [9.17, 15) is 4.79 Å². The molecule has 0 bridgehead atoms. The lowest BCUT2D eigenvalue weighted by atomic mass is 9.95. The molecule has 2 saturated heterocycles. The topological polar surface area (TPSA) is 65.7 Å². The van der Waals surface area contributed by atoms with Crippen molar-refractivity contribution in [3.05, 3.63) is 71.1 Å². The van der Waals surface area contributed by atoms with Crippen molar-refractivity contribution in [1.82, 2.24) is 24.8 Å². The third-order valence-electron chi connectivity index (χ3n) is 6.78. The minimum atomic E-state index is 0.113. The third-order valence-corrected chi connectivity index (χ3v) is 7.01. The Morgan fingerprint density at radius 3 is 2.38 bits per heavy atom. The van der Waals surface area contributed by atoms with Gasteiger partial charge in [-0.25, -0.2) is 0 Å². The Labute approximate surface area is 205 Å². The van der Waals surface area contributed by atoms with Crippen molar-refractivity contribution >= 4 is 17.5 Å². The van der Waals surface area contributed by atoms with Crippen LogP contribution in [0.2, 0.25) is 5.02 Å². The Bertz CT molecular complexity index is 1090. The first-order valence-corrected chi connectivity index (χ1v) is 12.4. The van der Waals surface area contributed by atoms with Gasteiger partial charge in [0.2, 0.25) is 17.6 Å². The number of rotatable bonds is 6. The molecule has 0 unspecified atom stereocenters. The number of benzene rings is 2. The van der Waals surface area contributed by atoms with Crippen LogP contribution in [0.4, 0.5) is 0 Å². The van der Waals surface area contributed by atoms with Crippen molar-refractivity contribution in [2.45, 2.75) is 25.9 Å². The van der Waals surface area contributed by atoms with Crippen LogP contribution in [-0.4, -0.2) is 70.0 Å². The van der Waals surface area contributed by atoms with Crippen molar-refractivity contribution in [1.29, 1.82) is 0 Å². The quantitative estimate of drug-likeness (QED) is 0.533. The molecule has 1 amide bonds. The van der Waals surface area contributed by atoms with E-state index in [2.05, 4.69) is 49.1 Å². The Kier molecular flexibility index (Phi) is 7.23. The first kappa shape index (κ1) is 23.0. The number of piperazine rings is 1. The lowest BCUT2D eigenvalue weighted by molar-refractivity contribution is -0.139. The molecule has 0 atom stereocenters. The summed E-state index contributed by atoms with van der Waals surface area (Å²) in [7, 11) is 0. The molecule has 5 rings (SSSR count). The molecular weight excluding hydrogens is 450 g/mol. The number of amides is 1. The summed E-state index contributed by atoms with van der Waals surface area (Å²) in [6, 6.07) is 18.0. The van der Waals surface area contributed by atoms with Crippen LogP contribution >= 0.6 is 11.6 Å². The molecule has 2 aliphatic rings. The van der Waals surface area contributed by atoms with Crippen LogP contribution in [0.1, 0.15) is 24.3 Å². The molecule has 0 saturated carbocycles. The van der Waals surface area contributed by atoms with E-state index in [1.807, 2.05) is 30.3 Å². The van der Waals surface area contributed by atoms with Gasteiger partial charge >= 0.3 is 0 Å². The van der Waals surface area contributed by atoms with Crippen LogP contribution in [0.5, 0.6) is 0 Å². The minimum absolute atomic E-state index is 0.113. The van der Waals surface area contributed by atoms with Crippen LogP contribution in [0, 0.1) is 5.92 Å². The highest BCUT2D eigenvalue weighted by Gasteiger charge is 2.31. The number of piperidine rings is 1. The second-order valence-electron chi connectivity index (χ2n) is 9.16. The van der Waals surface area contributed by atoms with Gasteiger partial charge in [0.15, 0.2) is 0 Å². The van der Waals surface area contributed by atoms with Crippen LogP contribution < -0.4 is 0 Å². The predicted octanol–water partition coefficient (Wildman–Crippen LogP) is 3.95. The highest BCUT2D eigenvalue weighted by molar-refractivity contribution is 6.30. The minimum Gasteiger partial charge on any atom is -0.340 e. The highest BCUT2D eigenvalue weighted by atomic mass is 35.5. The molecule has 2 fully saturated rings. The number of halogens is 1. The van der Waals surface area contributed by atoms with Gasteiger partial charge in [0, 0.05) is 49.2 Å². The van der Waals surface area contributed by atoms with Gasteiger partial charge < -0.3 is 9.42 Å². The summed E-state index contributed by atoms with van der Waals surface area (Å²) in [6.45, 7) is 6.79. The highest BCUT2D eigenvalue weighted by Crippen LogP contribution is 2.24. The summed E-state index contributed by atoms with van der Waals surface area (Å²) in [5, 5.41) is 4.74. The fourth-order valence-corrected chi connectivity index (χ4v) is 5.01. The molecule has 3 aromatic rings. The van der Waals surface area contributed by atoms with Crippen molar-refractivity contribution in [2.24, 2.45) is 5.92 Å². The number of likely N-dealkylation sites (tertiary alicyclic amines) is 1. The van der Waals surface area contributed by atoms with E-state index in [0.29, 0.717) is 29.2 Å². The van der Waals surface area contributed by atoms with Gasteiger partial charge in [-0.2, -0.15) is 4.98 Å². The van der Waals surface area contributed by atoms with Crippen LogP contribution in [0.25, 0.3) is 11.4 Å². The van der Waals surface area contributed by atoms with E-state index in [1.54, 1.807) is 0 Å². The summed E-state index contributed by atoms with van der Waals surface area (Å²) in [6.07, 6.45) is 1.75. The predicted molar refractivity (Wildman–Crippen MR) is 131 cm³/mol. The summed E-state index contributed by atoms with van der Waals surface area (Å²) in [5.74, 6) is 1.57. The zero-order valence-corrected chi connectivity index (χ0v) is 20.0. The van der Waals surface area contributed by atoms with Crippen LogP contribution in [-0.2, 0) is 17.9 Å². The van der Waals surface area contributed by atoms with E-state index in [-0.39, 0.29) is 5.92 Å². The largest absolute Gasteiger partial charge is 0.340 e. The average Bonchev–Trinajstić information content (AvgIpc) is 3.34. The van der Waals surface area contributed by atoms with E-state index in [4.69, 9.17) is 16.1 Å². The molecule has 0 aliphatic carbocycles. The van der Waals surface area contributed by atoms with E-state index in [0.717, 1.165) is 64.2 Å². The second-order valence-corrected chi connectivity index (χ2v) is 9.60. The molecule has 3 heterocycles. The lowest BCUT2D eigenvalue weighted by Gasteiger charge is -2.38. The molecule has 8 heteroatoms. The Balaban J connectivity index is 1.07. The van der Waals surface area contributed by atoms with Gasteiger partial charge in [0.25, 0.3) is 0 Å². The zero-order valence-electron chi connectivity index (χ0n) is 19.3. The van der Waals surface area contributed by atoms with Gasteiger partial charge in [0.05, 0.1) is 6.54 Å². The van der Waals surface area contributed by atoms with Gasteiger partial charge in [-0.3, -0.25) is 14.6 Å². The van der Waals surface area contributed by atoms with Crippen molar-refractivity contribution in [3.63, 3.8) is 0 Å². The summed E-state index contributed by atoms with van der Waals surface area (Å²) < 4.78 is 5.46. The van der Waals surface area contributed by atoms with Gasteiger partial charge in [-0.15, -0.1) is 0 Å². The molecule has 1 aromatic heterocycles. The fourth-order valence-electron chi connectivity index (χ4n) is 4.82. The van der Waals surface area contributed by atoms with Crippen LogP contribution in [0.15, 0.2) is 59.1 Å². The Hall–Kier alpha value is -2.74. The second kappa shape index (κ2) is 10.7. The van der Waals surface area contributed by atoms with Crippen molar-refractivity contribution in [2.75, 3.05) is 39.3 Å². The number of aromatic nitrogens is 2. The van der Waals surface area contributed by atoms with Crippen molar-refractivity contribution in [3.8, 4) is 11.4 Å². The van der Waals surface area contributed by atoms with Gasteiger partial charge in [-0.1, -0.05) is 59.2 Å². The lowest BCUT2D eigenvalue weighted by Crippen LogP contribution is -2.51. The van der Waals surface area contributed by atoms with E-state index < -0.39 is 0 Å². The molecule has 178 valence electrons. The number of carbonyl (C=O) groups excluding carboxylic acids is 1. The maximum Gasteiger partial charge on any atom is 0.241 e. The normalized spacial score (nSPS) is 18.3. The number of carbonyl (C=O) groups is 1. The number of nitrogens with zero attached hydrogens (tertiary/aromatic N) is 5. The summed E-state index contributed by atoms with van der Waals surface area (Å²) in [5.41, 5.74) is 2.17. The maximum absolute atomic E-state index is 13.1. The van der Waals surface area contributed by atoms with Crippen LogP contribution in [0.3, 0.4) is 0 Å². The SMILES string of the molecule is O=C(C1CCN(Cc2nc(-c3cccc(Cl)c3)no2)CC1)N1CCN(Cc2ccccc2)CC1. The average molecular weight is 480 g/mol. The standard InChI is InChI=1S/C26H30ClN5O2/c27-23-8-4-7-22(17-23)25-28-24(34-29-25)19-30-11-9-21(10-12-30)26(33)32-15-13-31(14-16-32)18-20-5-2-1-3-6-20/h1-8,17,21H,9-16,18-19H2. The molecule has 0 N–H and O–H groups in total. The third kappa shape index (κ3) is 5.66. The smallest absolute Gasteiger partial charge is 0.241 e. The molecule has 0 spiro atoms. The molecular formula is C26H30ClN5O2. The first-order valence-electron chi connectivity index (χ1n) is 12.0. The maximum atomic E-state index is 13.1. The molecule has 2 aromatic carbocycles. The summed E-state index contributed by atoms with van der Waals surface area (Å²) >= 11 is 6.06.